The molecule has 2 nitrogen and oxygen atoms in total. The quantitative estimate of drug-likeness (QED) is 0.769. The van der Waals surface area contributed by atoms with Crippen LogP contribution in [0.4, 0.5) is 0 Å². The van der Waals surface area contributed by atoms with Crippen molar-refractivity contribution in [2.45, 2.75) is 19.5 Å². The number of pyridine rings is 1. The Hall–Kier alpha value is -1.71. The lowest BCUT2D eigenvalue weighted by Crippen LogP contribution is -2.17. The number of fused-ring (bicyclic) bond motifs is 1. The third-order valence-electron chi connectivity index (χ3n) is 3.22. The van der Waals surface area contributed by atoms with Gasteiger partial charge in [-0.15, -0.1) is 11.3 Å². The number of aromatic nitrogens is 1. The Morgan fingerprint density at radius 1 is 1.11 bits per heavy atom. The van der Waals surface area contributed by atoms with E-state index in [1.165, 1.54) is 10.3 Å². The fraction of sp³-hybridized carbons (Fsp3) is 0.188. The van der Waals surface area contributed by atoms with E-state index in [0.29, 0.717) is 6.04 Å². The average molecular weight is 268 g/mol. The van der Waals surface area contributed by atoms with Crippen molar-refractivity contribution in [2.75, 3.05) is 0 Å². The minimum Gasteiger partial charge on any atom is -0.304 e. The minimum absolute atomic E-state index is 0.369. The zero-order valence-corrected chi connectivity index (χ0v) is 11.7. The van der Waals surface area contributed by atoms with Gasteiger partial charge in [-0.2, -0.15) is 0 Å². The normalized spacial score (nSPS) is 12.7. The number of nitrogens with zero attached hydrogens (tertiary/aromatic N) is 1. The second-order valence-electron chi connectivity index (χ2n) is 4.61. The van der Waals surface area contributed by atoms with Crippen LogP contribution in [0.1, 0.15) is 23.5 Å². The molecule has 0 aliphatic heterocycles. The van der Waals surface area contributed by atoms with E-state index in [2.05, 4.69) is 59.0 Å². The summed E-state index contributed by atoms with van der Waals surface area (Å²) in [6.07, 6.45) is 0. The van der Waals surface area contributed by atoms with Gasteiger partial charge in [-0.05, 0) is 30.5 Å². The largest absolute Gasteiger partial charge is 0.304 e. The molecule has 3 heteroatoms. The van der Waals surface area contributed by atoms with E-state index in [-0.39, 0.29) is 0 Å². The van der Waals surface area contributed by atoms with Crippen LogP contribution in [-0.2, 0) is 6.54 Å². The molecule has 0 radical (unpaired) electrons. The first-order valence-corrected chi connectivity index (χ1v) is 7.32. The fourth-order valence-electron chi connectivity index (χ4n) is 2.10. The third kappa shape index (κ3) is 2.83. The van der Waals surface area contributed by atoms with Crippen LogP contribution in [0.15, 0.2) is 53.9 Å². The third-order valence-corrected chi connectivity index (χ3v) is 4.27. The van der Waals surface area contributed by atoms with Gasteiger partial charge in [0.2, 0.25) is 0 Å². The summed E-state index contributed by atoms with van der Waals surface area (Å²) in [5, 5.41) is 6.82. The SMILES string of the molecule is C[C@H](NCc1ccc2ccccc2n1)c1cccs1. The van der Waals surface area contributed by atoms with Crippen LogP contribution in [0, 0.1) is 0 Å². The molecule has 3 aromatic rings. The van der Waals surface area contributed by atoms with Gasteiger partial charge in [-0.25, -0.2) is 0 Å². The molecule has 3 rings (SSSR count). The van der Waals surface area contributed by atoms with Crippen molar-refractivity contribution in [1.29, 1.82) is 0 Å². The molecule has 0 saturated heterocycles. The maximum absolute atomic E-state index is 4.67. The zero-order valence-electron chi connectivity index (χ0n) is 10.8. The van der Waals surface area contributed by atoms with Gasteiger partial charge in [0.25, 0.3) is 0 Å². The van der Waals surface area contributed by atoms with Crippen LogP contribution >= 0.6 is 11.3 Å². The maximum Gasteiger partial charge on any atom is 0.0705 e. The average Bonchev–Trinajstić information content (AvgIpc) is 2.99. The van der Waals surface area contributed by atoms with E-state index in [0.717, 1.165) is 17.8 Å². The van der Waals surface area contributed by atoms with Crippen LogP contribution < -0.4 is 5.32 Å². The van der Waals surface area contributed by atoms with Gasteiger partial charge >= 0.3 is 0 Å². The molecule has 19 heavy (non-hydrogen) atoms. The van der Waals surface area contributed by atoms with Gasteiger partial charge in [-0.3, -0.25) is 4.98 Å². The molecule has 96 valence electrons. The molecule has 2 aromatic heterocycles. The van der Waals surface area contributed by atoms with E-state index in [1.807, 2.05) is 12.1 Å². The van der Waals surface area contributed by atoms with Crippen LogP contribution in [0.25, 0.3) is 10.9 Å². The molecular formula is C16H16N2S. The molecule has 0 aliphatic rings. The van der Waals surface area contributed by atoms with E-state index in [1.54, 1.807) is 11.3 Å². The molecule has 0 amide bonds. The molecule has 0 spiro atoms. The van der Waals surface area contributed by atoms with Crippen LogP contribution in [0.5, 0.6) is 0 Å². The summed E-state index contributed by atoms with van der Waals surface area (Å²) >= 11 is 1.79. The van der Waals surface area contributed by atoms with Crippen molar-refractivity contribution < 1.29 is 0 Å². The molecule has 0 saturated carbocycles. The number of rotatable bonds is 4. The van der Waals surface area contributed by atoms with Gasteiger partial charge in [0.1, 0.15) is 0 Å². The molecule has 0 unspecified atom stereocenters. The Balaban J connectivity index is 1.71. The standard InChI is InChI=1S/C16H16N2S/c1-12(16-7-4-10-19-16)17-11-14-9-8-13-5-2-3-6-15(13)18-14/h2-10,12,17H,11H2,1H3/t12-/m0/s1. The Bertz CT molecular complexity index is 661. The number of para-hydroxylation sites is 1. The Labute approximate surface area is 117 Å². The lowest BCUT2D eigenvalue weighted by molar-refractivity contribution is 0.576. The predicted molar refractivity (Wildman–Crippen MR) is 81.3 cm³/mol. The maximum atomic E-state index is 4.67. The molecule has 0 fully saturated rings. The van der Waals surface area contributed by atoms with E-state index in [9.17, 15) is 0 Å². The second-order valence-corrected chi connectivity index (χ2v) is 5.59. The van der Waals surface area contributed by atoms with Crippen molar-refractivity contribution in [3.05, 3.63) is 64.5 Å². The highest BCUT2D eigenvalue weighted by Crippen LogP contribution is 2.18. The van der Waals surface area contributed by atoms with Crippen LogP contribution in [0.2, 0.25) is 0 Å². The summed E-state index contributed by atoms with van der Waals surface area (Å²) < 4.78 is 0. The highest BCUT2D eigenvalue weighted by molar-refractivity contribution is 7.10. The summed E-state index contributed by atoms with van der Waals surface area (Å²) in [4.78, 5) is 6.03. The van der Waals surface area contributed by atoms with Gasteiger partial charge < -0.3 is 5.32 Å². The number of benzene rings is 1. The van der Waals surface area contributed by atoms with E-state index in [4.69, 9.17) is 0 Å². The Morgan fingerprint density at radius 2 is 2.00 bits per heavy atom. The lowest BCUT2D eigenvalue weighted by atomic mass is 10.2. The lowest BCUT2D eigenvalue weighted by Gasteiger charge is -2.11. The van der Waals surface area contributed by atoms with Gasteiger partial charge in [0.05, 0.1) is 11.2 Å². The Morgan fingerprint density at radius 3 is 2.84 bits per heavy atom. The van der Waals surface area contributed by atoms with Gasteiger partial charge in [0.15, 0.2) is 0 Å². The van der Waals surface area contributed by atoms with Gasteiger partial charge in [-0.1, -0.05) is 30.3 Å². The summed E-state index contributed by atoms with van der Waals surface area (Å²) in [5.41, 5.74) is 2.15. The first-order chi connectivity index (χ1) is 9.33. The number of thiophene rings is 1. The summed E-state index contributed by atoms with van der Waals surface area (Å²) in [5.74, 6) is 0. The summed E-state index contributed by atoms with van der Waals surface area (Å²) in [7, 11) is 0. The van der Waals surface area contributed by atoms with Crippen molar-refractivity contribution in [3.63, 3.8) is 0 Å². The molecule has 1 N–H and O–H groups in total. The van der Waals surface area contributed by atoms with Crippen molar-refractivity contribution >= 4 is 22.2 Å². The van der Waals surface area contributed by atoms with Crippen molar-refractivity contribution in [1.82, 2.24) is 10.3 Å². The second kappa shape index (κ2) is 5.51. The molecular weight excluding hydrogens is 252 g/mol. The smallest absolute Gasteiger partial charge is 0.0705 e. The van der Waals surface area contributed by atoms with Crippen LogP contribution in [0.3, 0.4) is 0 Å². The molecule has 1 aromatic carbocycles. The van der Waals surface area contributed by atoms with Crippen molar-refractivity contribution in [3.8, 4) is 0 Å². The number of hydrogen-bond acceptors (Lipinski definition) is 3. The van der Waals surface area contributed by atoms with E-state index >= 15 is 0 Å². The van der Waals surface area contributed by atoms with E-state index < -0.39 is 0 Å². The topological polar surface area (TPSA) is 24.9 Å². The molecule has 0 aliphatic carbocycles. The number of nitrogens with one attached hydrogen (secondary N) is 1. The highest BCUT2D eigenvalue weighted by Gasteiger charge is 2.06. The van der Waals surface area contributed by atoms with Crippen molar-refractivity contribution in [2.24, 2.45) is 0 Å². The monoisotopic (exact) mass is 268 g/mol. The Kier molecular flexibility index (Phi) is 3.58. The summed E-state index contributed by atoms with van der Waals surface area (Å²) in [6.45, 7) is 2.98. The first-order valence-electron chi connectivity index (χ1n) is 6.44. The molecule has 0 bridgehead atoms. The fourth-order valence-corrected chi connectivity index (χ4v) is 2.86. The predicted octanol–water partition coefficient (Wildman–Crippen LogP) is 4.15. The zero-order chi connectivity index (χ0) is 13.1. The van der Waals surface area contributed by atoms with Crippen LogP contribution in [-0.4, -0.2) is 4.98 Å². The number of hydrogen-bond donors (Lipinski definition) is 1. The summed E-state index contributed by atoms with van der Waals surface area (Å²) in [6, 6.07) is 17.1. The van der Waals surface area contributed by atoms with Gasteiger partial charge in [0, 0.05) is 22.8 Å². The minimum atomic E-state index is 0.369. The molecule has 1 atom stereocenters. The first kappa shape index (κ1) is 12.3. The molecule has 2 heterocycles. The highest BCUT2D eigenvalue weighted by atomic mass is 32.1.